The molecule has 0 bridgehead atoms. The molecule has 0 fully saturated rings. The standard InChI is InChI=1S/C25H16N4/c26-17-19(18-27)22-15-16-25(24-14-8-7-13-23(22)24)28-29(20-9-3-1-4-10-20)21-11-5-2-6-12-21/h1-16H/b28-25+. The number of nitrogens with zero attached hydrogens (tertiary/aromatic N) is 4. The quantitative estimate of drug-likeness (QED) is 0.444. The summed E-state index contributed by atoms with van der Waals surface area (Å²) in [6.45, 7) is 0. The molecule has 4 rings (SSSR count). The van der Waals surface area contributed by atoms with Crippen LogP contribution in [0.3, 0.4) is 0 Å². The number of hydrogen-bond donors (Lipinski definition) is 0. The second-order valence-corrected chi connectivity index (χ2v) is 6.36. The predicted octanol–water partition coefficient (Wildman–Crippen LogP) is 5.60. The molecule has 0 saturated heterocycles. The highest BCUT2D eigenvalue weighted by Crippen LogP contribution is 2.31. The summed E-state index contributed by atoms with van der Waals surface area (Å²) < 4.78 is 0. The second kappa shape index (κ2) is 8.08. The summed E-state index contributed by atoms with van der Waals surface area (Å²) in [5.41, 5.74) is 5.05. The average molecular weight is 372 g/mol. The molecule has 0 amide bonds. The highest BCUT2D eigenvalue weighted by molar-refractivity contribution is 6.16. The minimum Gasteiger partial charge on any atom is -0.233 e. The van der Waals surface area contributed by atoms with Gasteiger partial charge in [-0.15, -0.1) is 0 Å². The molecule has 0 atom stereocenters. The molecule has 29 heavy (non-hydrogen) atoms. The fraction of sp³-hybridized carbons (Fsp3) is 0. The first-order chi connectivity index (χ1) is 14.3. The van der Waals surface area contributed by atoms with E-state index in [4.69, 9.17) is 5.10 Å². The lowest BCUT2D eigenvalue weighted by Crippen LogP contribution is -2.15. The third-order valence-electron chi connectivity index (χ3n) is 4.60. The van der Waals surface area contributed by atoms with Gasteiger partial charge in [-0.3, -0.25) is 0 Å². The van der Waals surface area contributed by atoms with E-state index in [2.05, 4.69) is 0 Å². The lowest BCUT2D eigenvalue weighted by molar-refractivity contribution is 1.08. The van der Waals surface area contributed by atoms with E-state index in [1.807, 2.05) is 108 Å². The van der Waals surface area contributed by atoms with Crippen molar-refractivity contribution in [2.24, 2.45) is 5.10 Å². The first-order valence-electron chi connectivity index (χ1n) is 9.13. The largest absolute Gasteiger partial charge is 0.233 e. The summed E-state index contributed by atoms with van der Waals surface area (Å²) in [5.74, 6) is 0. The zero-order valence-electron chi connectivity index (χ0n) is 15.5. The first kappa shape index (κ1) is 18.0. The molecule has 1 aliphatic carbocycles. The number of para-hydroxylation sites is 2. The van der Waals surface area contributed by atoms with Gasteiger partial charge in [-0.05, 0) is 35.9 Å². The van der Waals surface area contributed by atoms with E-state index in [0.29, 0.717) is 5.57 Å². The molecule has 0 N–H and O–H groups in total. The van der Waals surface area contributed by atoms with Crippen molar-refractivity contribution in [2.75, 3.05) is 5.01 Å². The Hall–Kier alpha value is -4.41. The van der Waals surface area contributed by atoms with Gasteiger partial charge in [-0.2, -0.15) is 15.6 Å². The van der Waals surface area contributed by atoms with Crippen molar-refractivity contribution in [2.45, 2.75) is 0 Å². The zero-order chi connectivity index (χ0) is 20.1. The Labute approximate surface area is 169 Å². The van der Waals surface area contributed by atoms with E-state index < -0.39 is 0 Å². The molecule has 0 spiro atoms. The lowest BCUT2D eigenvalue weighted by Gasteiger charge is -2.23. The van der Waals surface area contributed by atoms with Gasteiger partial charge >= 0.3 is 0 Å². The van der Waals surface area contributed by atoms with Gasteiger partial charge in [0.15, 0.2) is 0 Å². The Morgan fingerprint density at radius 3 is 1.72 bits per heavy atom. The fourth-order valence-electron chi connectivity index (χ4n) is 3.24. The third-order valence-corrected chi connectivity index (χ3v) is 4.60. The van der Waals surface area contributed by atoms with E-state index in [1.54, 1.807) is 6.08 Å². The minimum atomic E-state index is 0.0933. The van der Waals surface area contributed by atoms with Gasteiger partial charge in [0.1, 0.15) is 17.7 Å². The molecule has 0 aromatic heterocycles. The predicted molar refractivity (Wildman–Crippen MR) is 115 cm³/mol. The van der Waals surface area contributed by atoms with Gasteiger partial charge in [0.05, 0.1) is 17.1 Å². The number of allylic oxidation sites excluding steroid dienone is 4. The van der Waals surface area contributed by atoms with Crippen LogP contribution in [-0.4, -0.2) is 5.71 Å². The van der Waals surface area contributed by atoms with Crippen LogP contribution < -0.4 is 5.01 Å². The van der Waals surface area contributed by atoms with Crippen LogP contribution in [0.4, 0.5) is 11.4 Å². The van der Waals surface area contributed by atoms with Gasteiger partial charge in [0, 0.05) is 11.1 Å². The van der Waals surface area contributed by atoms with Gasteiger partial charge in [-0.1, -0.05) is 66.7 Å². The van der Waals surface area contributed by atoms with Crippen LogP contribution in [0.5, 0.6) is 0 Å². The molecular weight excluding hydrogens is 356 g/mol. The van der Waals surface area contributed by atoms with E-state index in [0.717, 1.165) is 28.2 Å². The summed E-state index contributed by atoms with van der Waals surface area (Å²) in [6.07, 6.45) is 3.64. The number of fused-ring (bicyclic) bond motifs is 1. The van der Waals surface area contributed by atoms with Crippen molar-refractivity contribution >= 4 is 22.7 Å². The number of hydrazone groups is 1. The average Bonchev–Trinajstić information content (AvgIpc) is 2.80. The number of nitriles is 2. The van der Waals surface area contributed by atoms with Crippen LogP contribution in [0.25, 0.3) is 5.57 Å². The first-order valence-corrected chi connectivity index (χ1v) is 9.13. The molecule has 0 radical (unpaired) electrons. The van der Waals surface area contributed by atoms with Crippen LogP contribution in [0, 0.1) is 22.7 Å². The van der Waals surface area contributed by atoms with Crippen molar-refractivity contribution < 1.29 is 0 Å². The number of hydrogen-bond acceptors (Lipinski definition) is 4. The smallest absolute Gasteiger partial charge is 0.137 e. The lowest BCUT2D eigenvalue weighted by atomic mass is 9.89. The van der Waals surface area contributed by atoms with Crippen molar-refractivity contribution in [3.05, 3.63) is 114 Å². The van der Waals surface area contributed by atoms with Crippen molar-refractivity contribution in [3.8, 4) is 12.1 Å². The monoisotopic (exact) mass is 372 g/mol. The van der Waals surface area contributed by atoms with Gasteiger partial charge in [0.2, 0.25) is 0 Å². The molecule has 3 aromatic carbocycles. The summed E-state index contributed by atoms with van der Waals surface area (Å²) in [6, 6.07) is 31.5. The molecule has 0 saturated carbocycles. The highest BCUT2D eigenvalue weighted by atomic mass is 15.5. The highest BCUT2D eigenvalue weighted by Gasteiger charge is 2.19. The van der Waals surface area contributed by atoms with Crippen LogP contribution in [0.1, 0.15) is 11.1 Å². The minimum absolute atomic E-state index is 0.0933. The third kappa shape index (κ3) is 3.56. The molecule has 4 heteroatoms. The summed E-state index contributed by atoms with van der Waals surface area (Å²) in [7, 11) is 0. The summed E-state index contributed by atoms with van der Waals surface area (Å²) in [5, 5.41) is 25.4. The fourth-order valence-corrected chi connectivity index (χ4v) is 3.24. The molecule has 0 heterocycles. The Bertz CT molecular complexity index is 1150. The van der Waals surface area contributed by atoms with Crippen LogP contribution in [-0.2, 0) is 0 Å². The van der Waals surface area contributed by atoms with Gasteiger partial charge < -0.3 is 0 Å². The zero-order valence-corrected chi connectivity index (χ0v) is 15.5. The van der Waals surface area contributed by atoms with E-state index in [1.165, 1.54) is 0 Å². The van der Waals surface area contributed by atoms with Crippen LogP contribution >= 0.6 is 0 Å². The topological polar surface area (TPSA) is 63.2 Å². The molecule has 0 unspecified atom stereocenters. The SMILES string of the molecule is N#CC(C#N)=C1C=C/C(=N\N(c2ccccc2)c2ccccc2)c2ccccc21. The molecule has 3 aromatic rings. The molecule has 4 nitrogen and oxygen atoms in total. The van der Waals surface area contributed by atoms with Crippen molar-refractivity contribution in [3.63, 3.8) is 0 Å². The normalized spacial score (nSPS) is 13.3. The van der Waals surface area contributed by atoms with Crippen molar-refractivity contribution in [1.82, 2.24) is 0 Å². The molecule has 1 aliphatic rings. The van der Waals surface area contributed by atoms with Crippen LogP contribution in [0.2, 0.25) is 0 Å². The summed E-state index contributed by atoms with van der Waals surface area (Å²) in [4.78, 5) is 0. The Morgan fingerprint density at radius 2 is 1.17 bits per heavy atom. The second-order valence-electron chi connectivity index (χ2n) is 6.36. The maximum Gasteiger partial charge on any atom is 0.137 e. The number of benzene rings is 3. The maximum atomic E-state index is 9.31. The summed E-state index contributed by atoms with van der Waals surface area (Å²) >= 11 is 0. The van der Waals surface area contributed by atoms with Gasteiger partial charge in [0.25, 0.3) is 0 Å². The number of anilines is 2. The van der Waals surface area contributed by atoms with E-state index in [-0.39, 0.29) is 5.57 Å². The Morgan fingerprint density at radius 1 is 0.655 bits per heavy atom. The van der Waals surface area contributed by atoms with Crippen LogP contribution in [0.15, 0.2) is 108 Å². The Kier molecular flexibility index (Phi) is 5.01. The van der Waals surface area contributed by atoms with E-state index >= 15 is 0 Å². The number of rotatable bonds is 3. The Balaban J connectivity index is 1.89. The van der Waals surface area contributed by atoms with Gasteiger partial charge in [-0.25, -0.2) is 5.01 Å². The van der Waals surface area contributed by atoms with Crippen molar-refractivity contribution in [1.29, 1.82) is 10.5 Å². The molecule has 0 aliphatic heterocycles. The molecular formula is C25H16N4. The molecule has 136 valence electrons. The van der Waals surface area contributed by atoms with E-state index in [9.17, 15) is 10.5 Å². The maximum absolute atomic E-state index is 9.31.